The molecule has 29 heavy (non-hydrogen) atoms. The number of nitrogens with two attached hydrogens (primary N) is 1. The summed E-state index contributed by atoms with van der Waals surface area (Å²) in [6.45, 7) is 2.53. The molecular weight excluding hydrogens is 445 g/mol. The van der Waals surface area contributed by atoms with Crippen molar-refractivity contribution in [3.8, 4) is 0 Å². The first kappa shape index (κ1) is 20.6. The van der Waals surface area contributed by atoms with Crippen molar-refractivity contribution >= 4 is 56.5 Å². The molecule has 150 valence electrons. The zero-order valence-electron chi connectivity index (χ0n) is 15.7. The minimum Gasteiger partial charge on any atom is -0.330 e. The summed E-state index contributed by atoms with van der Waals surface area (Å²) in [7, 11) is 0. The molecule has 0 fully saturated rings. The van der Waals surface area contributed by atoms with Crippen molar-refractivity contribution in [1.82, 2.24) is 10.2 Å². The molecule has 9 heteroatoms. The Balaban J connectivity index is 1.88. The summed E-state index contributed by atoms with van der Waals surface area (Å²) < 4.78 is 0. The summed E-state index contributed by atoms with van der Waals surface area (Å²) in [6.07, 6.45) is 1.63. The summed E-state index contributed by atoms with van der Waals surface area (Å²) in [6, 6.07) is 15.7. The van der Waals surface area contributed by atoms with Crippen LogP contribution in [-0.4, -0.2) is 21.8 Å². The number of hydrogen-bond donors (Lipinski definition) is 1. The molecule has 1 aliphatic heterocycles. The molecular formula is C20H19Cl2N5S2. The van der Waals surface area contributed by atoms with E-state index in [-0.39, 0.29) is 0 Å². The van der Waals surface area contributed by atoms with E-state index < -0.39 is 4.87 Å². The van der Waals surface area contributed by atoms with E-state index >= 15 is 0 Å². The van der Waals surface area contributed by atoms with Gasteiger partial charge in [0, 0.05) is 10.6 Å². The van der Waals surface area contributed by atoms with Crippen LogP contribution in [-0.2, 0) is 4.87 Å². The topological polar surface area (TPSA) is 67.4 Å². The maximum atomic E-state index is 6.50. The summed E-state index contributed by atoms with van der Waals surface area (Å²) in [5, 5.41) is 19.2. The largest absolute Gasteiger partial charge is 0.330 e. The van der Waals surface area contributed by atoms with Crippen LogP contribution < -0.4 is 10.7 Å². The molecule has 0 saturated carbocycles. The van der Waals surface area contributed by atoms with Gasteiger partial charge in [0.1, 0.15) is 14.9 Å². The van der Waals surface area contributed by atoms with Gasteiger partial charge in [0.15, 0.2) is 0 Å². The van der Waals surface area contributed by atoms with Gasteiger partial charge >= 0.3 is 0 Å². The third kappa shape index (κ3) is 4.02. The predicted molar refractivity (Wildman–Crippen MR) is 124 cm³/mol. The SMILES string of the molecule is Cc1nnc(N2N=C(c3cc(Cl)ccc3Cl)SC2(CCCN)c2ccccc2)s1. The Kier molecular flexibility index (Phi) is 6.13. The first-order valence-corrected chi connectivity index (χ1v) is 11.5. The van der Waals surface area contributed by atoms with Gasteiger partial charge in [-0.3, -0.25) is 0 Å². The lowest BCUT2D eigenvalue weighted by molar-refractivity contribution is 0.525. The zero-order valence-corrected chi connectivity index (χ0v) is 18.8. The van der Waals surface area contributed by atoms with Crippen LogP contribution in [0.3, 0.4) is 0 Å². The van der Waals surface area contributed by atoms with Gasteiger partial charge in [-0.15, -0.1) is 10.2 Å². The fourth-order valence-corrected chi connectivity index (χ4v) is 5.90. The second kappa shape index (κ2) is 8.62. The van der Waals surface area contributed by atoms with E-state index in [1.54, 1.807) is 23.9 Å². The lowest BCUT2D eigenvalue weighted by Crippen LogP contribution is -2.38. The van der Waals surface area contributed by atoms with Gasteiger partial charge in [-0.2, -0.15) is 5.10 Å². The number of halogens is 2. The van der Waals surface area contributed by atoms with Gasteiger partial charge in [0.25, 0.3) is 0 Å². The first-order valence-electron chi connectivity index (χ1n) is 9.12. The lowest BCUT2D eigenvalue weighted by atomic mass is 10.0. The molecule has 0 aliphatic carbocycles. The maximum absolute atomic E-state index is 6.50. The Labute approximate surface area is 187 Å². The van der Waals surface area contributed by atoms with Crippen molar-refractivity contribution in [2.75, 3.05) is 11.6 Å². The zero-order chi connectivity index (χ0) is 20.4. The molecule has 0 radical (unpaired) electrons. The number of anilines is 1. The highest BCUT2D eigenvalue weighted by atomic mass is 35.5. The summed E-state index contributed by atoms with van der Waals surface area (Å²) in [4.78, 5) is -0.492. The molecule has 2 heterocycles. The van der Waals surface area contributed by atoms with Crippen molar-refractivity contribution in [1.29, 1.82) is 0 Å². The molecule has 0 amide bonds. The molecule has 2 N–H and O–H groups in total. The second-order valence-electron chi connectivity index (χ2n) is 6.59. The van der Waals surface area contributed by atoms with Gasteiger partial charge in [0.05, 0.1) is 5.02 Å². The predicted octanol–water partition coefficient (Wildman–Crippen LogP) is 5.66. The molecule has 2 aromatic carbocycles. The lowest BCUT2D eigenvalue weighted by Gasteiger charge is -2.35. The molecule has 4 rings (SSSR count). The maximum Gasteiger partial charge on any atom is 0.230 e. The van der Waals surface area contributed by atoms with Crippen LogP contribution in [0.2, 0.25) is 10.0 Å². The van der Waals surface area contributed by atoms with Crippen molar-refractivity contribution in [2.45, 2.75) is 24.6 Å². The Bertz CT molecular complexity index is 1040. The van der Waals surface area contributed by atoms with Gasteiger partial charge in [-0.1, -0.05) is 76.6 Å². The smallest absolute Gasteiger partial charge is 0.230 e. The number of rotatable bonds is 6. The van der Waals surface area contributed by atoms with Crippen LogP contribution >= 0.6 is 46.3 Å². The van der Waals surface area contributed by atoms with E-state index in [1.807, 2.05) is 36.2 Å². The molecule has 3 aromatic rings. The van der Waals surface area contributed by atoms with Crippen molar-refractivity contribution in [2.24, 2.45) is 10.8 Å². The molecule has 1 aromatic heterocycles. The van der Waals surface area contributed by atoms with E-state index in [9.17, 15) is 0 Å². The highest BCUT2D eigenvalue weighted by Crippen LogP contribution is 2.53. The van der Waals surface area contributed by atoms with Gasteiger partial charge in [-0.05, 0) is 50.1 Å². The average Bonchev–Trinajstić information content (AvgIpc) is 3.33. The number of hydrazone groups is 1. The highest BCUT2D eigenvalue weighted by Gasteiger charge is 2.47. The van der Waals surface area contributed by atoms with E-state index in [2.05, 4.69) is 22.3 Å². The number of nitrogens with zero attached hydrogens (tertiary/aromatic N) is 4. The van der Waals surface area contributed by atoms with Gasteiger partial charge in [-0.25, -0.2) is 5.01 Å². The monoisotopic (exact) mass is 463 g/mol. The van der Waals surface area contributed by atoms with Crippen LogP contribution in [0.4, 0.5) is 5.13 Å². The Morgan fingerprint density at radius 3 is 2.59 bits per heavy atom. The third-order valence-electron chi connectivity index (χ3n) is 4.60. The summed E-state index contributed by atoms with van der Waals surface area (Å²) in [5.41, 5.74) is 7.83. The minimum absolute atomic E-state index is 0.492. The molecule has 5 nitrogen and oxygen atoms in total. The van der Waals surface area contributed by atoms with E-state index in [0.29, 0.717) is 16.6 Å². The number of aryl methyl sites for hydroxylation is 1. The number of hydrogen-bond acceptors (Lipinski definition) is 7. The Morgan fingerprint density at radius 1 is 1.10 bits per heavy atom. The van der Waals surface area contributed by atoms with E-state index in [0.717, 1.165) is 39.2 Å². The minimum atomic E-state index is -0.492. The Morgan fingerprint density at radius 2 is 1.90 bits per heavy atom. The quantitative estimate of drug-likeness (QED) is 0.510. The number of aromatic nitrogens is 2. The summed E-state index contributed by atoms with van der Waals surface area (Å²) in [5.74, 6) is 0. The van der Waals surface area contributed by atoms with Crippen LogP contribution in [0.25, 0.3) is 0 Å². The van der Waals surface area contributed by atoms with Crippen LogP contribution in [0.15, 0.2) is 53.6 Å². The molecule has 1 unspecified atom stereocenters. The standard InChI is InChI=1S/C20H19Cl2N5S2/c1-13-24-25-19(28-13)27-20(10-5-11-23,14-6-3-2-4-7-14)29-18(26-27)16-12-15(21)8-9-17(16)22/h2-4,6-9,12H,5,10-11,23H2,1H3. The van der Waals surface area contributed by atoms with Crippen LogP contribution in [0, 0.1) is 6.92 Å². The highest BCUT2D eigenvalue weighted by molar-refractivity contribution is 8.15. The number of thioether (sulfide) groups is 1. The van der Waals surface area contributed by atoms with Crippen LogP contribution in [0.1, 0.15) is 29.0 Å². The van der Waals surface area contributed by atoms with Gasteiger partial charge in [0.2, 0.25) is 5.13 Å². The van der Waals surface area contributed by atoms with Crippen LogP contribution in [0.5, 0.6) is 0 Å². The first-order chi connectivity index (χ1) is 14.0. The molecule has 0 saturated heterocycles. The normalized spacial score (nSPS) is 18.9. The van der Waals surface area contributed by atoms with E-state index in [4.69, 9.17) is 34.0 Å². The average molecular weight is 464 g/mol. The van der Waals surface area contributed by atoms with Gasteiger partial charge < -0.3 is 5.73 Å². The fraction of sp³-hybridized carbons (Fsp3) is 0.250. The molecule has 1 aliphatic rings. The van der Waals surface area contributed by atoms with Crippen molar-refractivity contribution in [3.63, 3.8) is 0 Å². The fourth-order valence-electron chi connectivity index (χ4n) is 3.26. The van der Waals surface area contributed by atoms with Crippen molar-refractivity contribution < 1.29 is 0 Å². The second-order valence-corrected chi connectivity index (χ2v) is 9.86. The molecule has 1 atom stereocenters. The van der Waals surface area contributed by atoms with Crippen molar-refractivity contribution in [3.05, 3.63) is 74.7 Å². The van der Waals surface area contributed by atoms with E-state index in [1.165, 1.54) is 11.3 Å². The molecule has 0 spiro atoms. The third-order valence-corrected chi connectivity index (χ3v) is 7.42. The number of benzene rings is 2. The Hall–Kier alpha value is -1.64. The summed E-state index contributed by atoms with van der Waals surface area (Å²) >= 11 is 15.9. The molecule has 0 bridgehead atoms.